The number of carbonyl (C=O) groups is 3. The Morgan fingerprint density at radius 2 is 1.73 bits per heavy atom. The van der Waals surface area contributed by atoms with Crippen LogP contribution < -0.4 is 14.5 Å². The van der Waals surface area contributed by atoms with Gasteiger partial charge >= 0.3 is 0 Å². The number of rotatable bonds is 12. The Morgan fingerprint density at radius 1 is 1.09 bits per heavy atom. The molecule has 3 saturated heterocycles. The maximum absolute atomic E-state index is 14.8. The number of fused-ring (bicyclic) bond motifs is 1. The fourth-order valence-electron chi connectivity index (χ4n) is 7.53. The summed E-state index contributed by atoms with van der Waals surface area (Å²) in [5, 5.41) is 10.3. The number of hydrogen-bond acceptors (Lipinski definition) is 6. The topological polar surface area (TPSA) is 99.6 Å². The molecule has 2 unspecified atom stereocenters. The van der Waals surface area contributed by atoms with Gasteiger partial charge in [-0.25, -0.2) is 0 Å². The van der Waals surface area contributed by atoms with Crippen LogP contribution >= 0.6 is 0 Å². The first-order chi connectivity index (χ1) is 21.1. The molecule has 3 aliphatic rings. The van der Waals surface area contributed by atoms with Gasteiger partial charge in [0.1, 0.15) is 17.4 Å². The number of amides is 3. The third-order valence-corrected chi connectivity index (χ3v) is 9.32. The number of ether oxygens (including phenoxy) is 2. The van der Waals surface area contributed by atoms with Crippen molar-refractivity contribution >= 4 is 29.1 Å². The standard InChI is InChI=1S/C35H43N3O6/c1-7-19-36(25-13-15-26(16-14-25)43-9-3)32(40)28-27-17-18-35(44-27)29(28)33(41)38(24(6)21-39)31(35)34(42)37(20-8-2)30-22(4)11-10-12-23(30)5/h7-8,10-16,24,27-29,31,39H,1-2,9,17-21H2,3-6H3/t24-,27-,28+,29+,31?,35?/m1/s1. The van der Waals surface area contributed by atoms with Gasteiger partial charge in [-0.1, -0.05) is 30.4 Å². The molecule has 0 radical (unpaired) electrons. The van der Waals surface area contributed by atoms with Crippen LogP contribution in [0.1, 0.15) is 37.8 Å². The van der Waals surface area contributed by atoms with Crippen LogP contribution in [0.3, 0.4) is 0 Å². The fraction of sp³-hybridized carbons (Fsp3) is 0.457. The number of aryl methyl sites for hydroxylation is 2. The lowest BCUT2D eigenvalue weighted by atomic mass is 9.70. The largest absolute Gasteiger partial charge is 0.494 e. The molecule has 3 fully saturated rings. The normalized spacial score (nSPS) is 25.8. The summed E-state index contributed by atoms with van der Waals surface area (Å²) in [5.41, 5.74) is 2.05. The smallest absolute Gasteiger partial charge is 0.253 e. The monoisotopic (exact) mass is 601 g/mol. The summed E-state index contributed by atoms with van der Waals surface area (Å²) in [6.45, 7) is 15.9. The van der Waals surface area contributed by atoms with E-state index < -0.39 is 35.6 Å². The van der Waals surface area contributed by atoms with Crippen molar-refractivity contribution in [3.05, 3.63) is 78.9 Å². The molecule has 0 aromatic heterocycles. The molecule has 3 amide bonds. The van der Waals surface area contributed by atoms with E-state index in [0.29, 0.717) is 30.9 Å². The Hall–Kier alpha value is -3.95. The first-order valence-electron chi connectivity index (χ1n) is 15.4. The second-order valence-electron chi connectivity index (χ2n) is 12.0. The van der Waals surface area contributed by atoms with E-state index in [4.69, 9.17) is 9.47 Å². The Kier molecular flexibility index (Phi) is 9.00. The van der Waals surface area contributed by atoms with Crippen molar-refractivity contribution in [2.45, 2.75) is 64.3 Å². The summed E-state index contributed by atoms with van der Waals surface area (Å²) in [6.07, 6.45) is 3.81. The summed E-state index contributed by atoms with van der Waals surface area (Å²) in [5.74, 6) is -1.85. The Bertz CT molecular complexity index is 1420. The number of aliphatic hydroxyl groups is 1. The molecule has 0 saturated carbocycles. The quantitative estimate of drug-likeness (QED) is 0.366. The lowest BCUT2D eigenvalue weighted by molar-refractivity contribution is -0.143. The van der Waals surface area contributed by atoms with Gasteiger partial charge in [0.15, 0.2) is 0 Å². The summed E-state index contributed by atoms with van der Waals surface area (Å²) in [4.78, 5) is 48.4. The highest BCUT2D eigenvalue weighted by molar-refractivity contribution is 6.07. The fourth-order valence-corrected chi connectivity index (χ4v) is 7.53. The van der Waals surface area contributed by atoms with E-state index in [2.05, 4.69) is 13.2 Å². The molecule has 1 N–H and O–H groups in total. The molecule has 44 heavy (non-hydrogen) atoms. The Labute approximate surface area is 259 Å². The number of anilines is 2. The molecule has 3 aliphatic heterocycles. The Balaban J connectivity index is 1.56. The highest BCUT2D eigenvalue weighted by atomic mass is 16.5. The molecule has 234 valence electrons. The number of likely N-dealkylation sites (tertiary alicyclic amines) is 1. The number of benzene rings is 2. The zero-order chi connectivity index (χ0) is 31.8. The van der Waals surface area contributed by atoms with E-state index >= 15 is 0 Å². The summed E-state index contributed by atoms with van der Waals surface area (Å²) < 4.78 is 12.3. The second kappa shape index (κ2) is 12.6. The minimum absolute atomic E-state index is 0.230. The van der Waals surface area contributed by atoms with Gasteiger partial charge in [0, 0.05) is 24.5 Å². The van der Waals surface area contributed by atoms with Gasteiger partial charge in [0.05, 0.1) is 37.2 Å². The first kappa shape index (κ1) is 31.5. The Morgan fingerprint density at radius 3 is 2.32 bits per heavy atom. The summed E-state index contributed by atoms with van der Waals surface area (Å²) >= 11 is 0. The molecule has 9 nitrogen and oxygen atoms in total. The number of carbonyl (C=O) groups excluding carboxylic acids is 3. The zero-order valence-electron chi connectivity index (χ0n) is 26.1. The van der Waals surface area contributed by atoms with Gasteiger partial charge in [-0.05, 0) is 75.9 Å². The van der Waals surface area contributed by atoms with Crippen molar-refractivity contribution in [3.8, 4) is 5.75 Å². The minimum atomic E-state index is -1.20. The molecule has 0 aliphatic carbocycles. The third-order valence-electron chi connectivity index (χ3n) is 9.32. The van der Waals surface area contributed by atoms with Crippen molar-refractivity contribution in [3.63, 3.8) is 0 Å². The van der Waals surface area contributed by atoms with Crippen LogP contribution in [0.5, 0.6) is 5.75 Å². The van der Waals surface area contributed by atoms with Gasteiger partial charge in [0.25, 0.3) is 5.91 Å². The van der Waals surface area contributed by atoms with Crippen molar-refractivity contribution in [2.24, 2.45) is 11.8 Å². The van der Waals surface area contributed by atoms with Crippen LogP contribution in [-0.2, 0) is 19.1 Å². The molecule has 1 spiro atoms. The lowest BCUT2D eigenvalue weighted by Gasteiger charge is -2.39. The SMILES string of the molecule is C=CCN(C(=O)[C@@H]1[C@H]2C(=O)N([C@H](C)CO)C(C(=O)N(CC=C)c3c(C)cccc3C)C23CC[C@H]1O3)c1ccc(OCC)cc1. The van der Waals surface area contributed by atoms with Gasteiger partial charge in [-0.2, -0.15) is 0 Å². The van der Waals surface area contributed by atoms with Crippen LogP contribution in [-0.4, -0.2) is 77.8 Å². The molecule has 3 heterocycles. The number of hydrogen-bond donors (Lipinski definition) is 1. The average Bonchev–Trinajstić information content (AvgIpc) is 3.66. The number of para-hydroxylation sites is 1. The van der Waals surface area contributed by atoms with E-state index in [0.717, 1.165) is 16.8 Å². The van der Waals surface area contributed by atoms with Gasteiger partial charge in [0.2, 0.25) is 11.8 Å². The molecule has 2 aromatic carbocycles. The van der Waals surface area contributed by atoms with Crippen LogP contribution in [0.15, 0.2) is 67.8 Å². The van der Waals surface area contributed by atoms with Gasteiger partial charge < -0.3 is 29.3 Å². The highest BCUT2D eigenvalue weighted by Crippen LogP contribution is 2.59. The molecule has 5 rings (SSSR count). The molecule has 2 aromatic rings. The first-order valence-corrected chi connectivity index (χ1v) is 15.4. The van der Waals surface area contributed by atoms with Crippen molar-refractivity contribution < 1.29 is 29.0 Å². The van der Waals surface area contributed by atoms with Gasteiger partial charge in [-0.3, -0.25) is 14.4 Å². The maximum Gasteiger partial charge on any atom is 0.253 e. The number of aliphatic hydroxyl groups excluding tert-OH is 1. The van der Waals surface area contributed by atoms with Crippen LogP contribution in [0, 0.1) is 25.7 Å². The molecule has 6 atom stereocenters. The molecule has 2 bridgehead atoms. The summed E-state index contributed by atoms with van der Waals surface area (Å²) in [7, 11) is 0. The minimum Gasteiger partial charge on any atom is -0.494 e. The van der Waals surface area contributed by atoms with Gasteiger partial charge in [-0.15, -0.1) is 13.2 Å². The van der Waals surface area contributed by atoms with Crippen LogP contribution in [0.25, 0.3) is 0 Å². The predicted molar refractivity (Wildman–Crippen MR) is 170 cm³/mol. The molecular formula is C35H43N3O6. The van der Waals surface area contributed by atoms with Crippen molar-refractivity contribution in [2.75, 3.05) is 36.1 Å². The van der Waals surface area contributed by atoms with Crippen molar-refractivity contribution in [1.82, 2.24) is 4.90 Å². The molecular weight excluding hydrogens is 558 g/mol. The van der Waals surface area contributed by atoms with E-state index in [-0.39, 0.29) is 37.4 Å². The third kappa shape index (κ3) is 5.02. The van der Waals surface area contributed by atoms with E-state index in [1.807, 2.05) is 63.2 Å². The lowest BCUT2D eigenvalue weighted by Crippen LogP contribution is -2.58. The maximum atomic E-state index is 14.8. The molecule has 9 heteroatoms. The second-order valence-corrected chi connectivity index (χ2v) is 12.0. The average molecular weight is 602 g/mol. The number of nitrogens with zero attached hydrogens (tertiary/aromatic N) is 3. The predicted octanol–water partition coefficient (Wildman–Crippen LogP) is 4.20. The van der Waals surface area contributed by atoms with E-state index in [9.17, 15) is 19.5 Å². The highest BCUT2D eigenvalue weighted by Gasteiger charge is 2.75. The van der Waals surface area contributed by atoms with Crippen LogP contribution in [0.4, 0.5) is 11.4 Å². The van der Waals surface area contributed by atoms with Crippen molar-refractivity contribution in [1.29, 1.82) is 0 Å². The zero-order valence-corrected chi connectivity index (χ0v) is 26.1. The van der Waals surface area contributed by atoms with Crippen LogP contribution in [0.2, 0.25) is 0 Å². The van der Waals surface area contributed by atoms with E-state index in [1.54, 1.807) is 28.9 Å². The van der Waals surface area contributed by atoms with E-state index in [1.165, 1.54) is 4.90 Å². The summed E-state index contributed by atoms with van der Waals surface area (Å²) in [6, 6.07) is 11.4.